The van der Waals surface area contributed by atoms with Crippen molar-refractivity contribution in [1.82, 2.24) is 10.3 Å². The molecule has 4 rings (SSSR count). The van der Waals surface area contributed by atoms with Crippen LogP contribution >= 0.6 is 11.6 Å². The van der Waals surface area contributed by atoms with Gasteiger partial charge in [0.05, 0.1) is 23.7 Å². The van der Waals surface area contributed by atoms with Crippen molar-refractivity contribution in [3.05, 3.63) is 81.5 Å². The van der Waals surface area contributed by atoms with Crippen LogP contribution in [0.3, 0.4) is 0 Å². The first-order valence-corrected chi connectivity index (χ1v) is 8.84. The summed E-state index contributed by atoms with van der Waals surface area (Å²) >= 11 is 6.17. The Bertz CT molecular complexity index is 1030. The Morgan fingerprint density at radius 3 is 2.93 bits per heavy atom. The van der Waals surface area contributed by atoms with Gasteiger partial charge in [-0.1, -0.05) is 17.7 Å². The molecule has 0 saturated heterocycles. The van der Waals surface area contributed by atoms with Crippen molar-refractivity contribution in [1.29, 1.82) is 0 Å². The average molecular weight is 382 g/mol. The van der Waals surface area contributed by atoms with E-state index in [4.69, 9.17) is 17.3 Å². The molecule has 27 heavy (non-hydrogen) atoms. The standard InChI is InChI=1S/C20H17ClFN5/c1-11-7-13-17(27-11)10-26-19(12-5-6-24-18(23)8-12)20(13)25-9-14-15(21)3-2-4-16(14)22/h2-8,25H,9-10H2,1H3,(H2,23,24). The zero-order chi connectivity index (χ0) is 19.0. The number of pyridine rings is 1. The largest absolute Gasteiger partial charge is 0.384 e. The van der Waals surface area contributed by atoms with Crippen molar-refractivity contribution in [3.63, 3.8) is 0 Å². The molecule has 0 spiro atoms. The minimum Gasteiger partial charge on any atom is -0.384 e. The fraction of sp³-hybridized carbons (Fsp3) is 0.150. The van der Waals surface area contributed by atoms with Crippen LogP contribution in [0, 0.1) is 5.82 Å². The number of nitrogen functional groups attached to an aromatic ring is 1. The number of anilines is 1. The molecule has 136 valence electrons. The van der Waals surface area contributed by atoms with Gasteiger partial charge in [0.15, 0.2) is 0 Å². The molecule has 0 atom stereocenters. The van der Waals surface area contributed by atoms with Crippen molar-refractivity contribution in [2.24, 2.45) is 9.98 Å². The zero-order valence-corrected chi connectivity index (χ0v) is 15.4. The van der Waals surface area contributed by atoms with Crippen LogP contribution in [0.25, 0.3) is 0 Å². The molecule has 0 saturated carbocycles. The summed E-state index contributed by atoms with van der Waals surface area (Å²) in [7, 11) is 0. The molecular weight excluding hydrogens is 365 g/mol. The Kier molecular flexibility index (Phi) is 4.49. The molecule has 2 aromatic rings. The highest BCUT2D eigenvalue weighted by Crippen LogP contribution is 2.27. The highest BCUT2D eigenvalue weighted by Gasteiger charge is 2.25. The summed E-state index contributed by atoms with van der Waals surface area (Å²) in [6.07, 6.45) is 3.64. The van der Waals surface area contributed by atoms with E-state index in [1.807, 2.05) is 19.1 Å². The first kappa shape index (κ1) is 17.4. The molecule has 3 heterocycles. The number of allylic oxidation sites excluding steroid dienone is 3. The predicted octanol–water partition coefficient (Wildman–Crippen LogP) is 3.66. The van der Waals surface area contributed by atoms with Crippen LogP contribution in [-0.4, -0.2) is 23.0 Å². The molecule has 0 aliphatic carbocycles. The summed E-state index contributed by atoms with van der Waals surface area (Å²) in [6, 6.07) is 8.27. The van der Waals surface area contributed by atoms with Crippen LogP contribution in [0.4, 0.5) is 10.2 Å². The lowest BCUT2D eigenvalue weighted by Gasteiger charge is -2.21. The van der Waals surface area contributed by atoms with Gasteiger partial charge in [0, 0.05) is 40.2 Å². The maximum Gasteiger partial charge on any atom is 0.129 e. The van der Waals surface area contributed by atoms with Crippen LogP contribution in [0.15, 0.2) is 69.6 Å². The second-order valence-electron chi connectivity index (χ2n) is 6.32. The van der Waals surface area contributed by atoms with E-state index in [-0.39, 0.29) is 12.4 Å². The molecule has 2 aliphatic heterocycles. The number of hydrogen-bond acceptors (Lipinski definition) is 5. The van der Waals surface area contributed by atoms with E-state index in [1.54, 1.807) is 24.4 Å². The third-order valence-corrected chi connectivity index (χ3v) is 4.78. The van der Waals surface area contributed by atoms with Crippen molar-refractivity contribution in [2.45, 2.75) is 13.5 Å². The topological polar surface area (TPSA) is 75.7 Å². The second kappa shape index (κ2) is 6.96. The number of nitrogens with one attached hydrogen (secondary N) is 1. The second-order valence-corrected chi connectivity index (χ2v) is 6.73. The van der Waals surface area contributed by atoms with Gasteiger partial charge in [0.25, 0.3) is 0 Å². The monoisotopic (exact) mass is 381 g/mol. The number of dihydropyridines is 1. The van der Waals surface area contributed by atoms with Gasteiger partial charge < -0.3 is 11.1 Å². The lowest BCUT2D eigenvalue weighted by atomic mass is 9.97. The molecule has 0 amide bonds. The fourth-order valence-corrected chi connectivity index (χ4v) is 3.41. The average Bonchev–Trinajstić information content (AvgIpc) is 3.01. The molecule has 0 radical (unpaired) electrons. The Morgan fingerprint density at radius 2 is 2.15 bits per heavy atom. The molecule has 0 bridgehead atoms. The Hall–Kier alpha value is -2.99. The van der Waals surface area contributed by atoms with Crippen LogP contribution < -0.4 is 11.1 Å². The number of aliphatic imine (C=N–C) groups is 2. The molecule has 2 aliphatic rings. The maximum atomic E-state index is 14.2. The molecule has 1 aromatic carbocycles. The Morgan fingerprint density at radius 1 is 1.30 bits per heavy atom. The molecule has 3 N–H and O–H groups in total. The van der Waals surface area contributed by atoms with Gasteiger partial charge in [0.2, 0.25) is 0 Å². The third kappa shape index (κ3) is 3.36. The summed E-state index contributed by atoms with van der Waals surface area (Å²) in [6.45, 7) is 2.64. The van der Waals surface area contributed by atoms with Crippen molar-refractivity contribution < 1.29 is 4.39 Å². The van der Waals surface area contributed by atoms with Gasteiger partial charge in [0.1, 0.15) is 11.6 Å². The van der Waals surface area contributed by atoms with E-state index in [2.05, 4.69) is 20.3 Å². The molecular formula is C20H17ClFN5. The highest BCUT2D eigenvalue weighted by molar-refractivity contribution is 6.31. The molecule has 5 nitrogen and oxygen atoms in total. The Balaban J connectivity index is 1.74. The number of benzene rings is 1. The lowest BCUT2D eigenvalue weighted by Crippen LogP contribution is -2.29. The van der Waals surface area contributed by atoms with Crippen LogP contribution in [-0.2, 0) is 6.54 Å². The zero-order valence-electron chi connectivity index (χ0n) is 14.6. The van der Waals surface area contributed by atoms with E-state index in [1.165, 1.54) is 6.07 Å². The fourth-order valence-electron chi connectivity index (χ4n) is 3.18. The summed E-state index contributed by atoms with van der Waals surface area (Å²) in [5.74, 6) is 0.0596. The first-order chi connectivity index (χ1) is 13.0. The van der Waals surface area contributed by atoms with E-state index in [9.17, 15) is 4.39 Å². The van der Waals surface area contributed by atoms with Gasteiger partial charge in [-0.05, 0) is 37.3 Å². The maximum absolute atomic E-state index is 14.2. The number of halogens is 2. The highest BCUT2D eigenvalue weighted by atomic mass is 35.5. The number of nitrogens with zero attached hydrogens (tertiary/aromatic N) is 3. The van der Waals surface area contributed by atoms with Crippen LogP contribution in [0.5, 0.6) is 0 Å². The summed E-state index contributed by atoms with van der Waals surface area (Å²) in [4.78, 5) is 13.2. The number of aromatic nitrogens is 1. The third-order valence-electron chi connectivity index (χ3n) is 4.43. The first-order valence-electron chi connectivity index (χ1n) is 8.47. The molecule has 0 unspecified atom stereocenters. The van der Waals surface area contributed by atoms with Gasteiger partial charge >= 0.3 is 0 Å². The molecule has 0 fully saturated rings. The van der Waals surface area contributed by atoms with Crippen molar-refractivity contribution in [2.75, 3.05) is 12.3 Å². The smallest absolute Gasteiger partial charge is 0.129 e. The van der Waals surface area contributed by atoms with Gasteiger partial charge in [-0.2, -0.15) is 0 Å². The van der Waals surface area contributed by atoms with Crippen LogP contribution in [0.2, 0.25) is 5.02 Å². The predicted molar refractivity (Wildman–Crippen MR) is 107 cm³/mol. The number of fused-ring (bicyclic) bond motifs is 1. The van der Waals surface area contributed by atoms with Gasteiger partial charge in [-0.15, -0.1) is 0 Å². The number of nitrogens with two attached hydrogens (primary N) is 1. The number of rotatable bonds is 4. The van der Waals surface area contributed by atoms with Crippen molar-refractivity contribution >= 4 is 28.8 Å². The minimum absolute atomic E-state index is 0.226. The Labute approximate surface area is 161 Å². The SMILES string of the molecule is CC1=CC2=C(NCc3c(F)cccc3Cl)C(c3ccnc(N)c3)=NCC2=N1. The minimum atomic E-state index is -0.352. The van der Waals surface area contributed by atoms with E-state index in [0.29, 0.717) is 22.9 Å². The quantitative estimate of drug-likeness (QED) is 0.848. The van der Waals surface area contributed by atoms with Gasteiger partial charge in [-0.3, -0.25) is 9.98 Å². The summed E-state index contributed by atoms with van der Waals surface area (Å²) in [5, 5.41) is 3.69. The lowest BCUT2D eigenvalue weighted by molar-refractivity contribution is 0.603. The van der Waals surface area contributed by atoms with Gasteiger partial charge in [-0.25, -0.2) is 9.37 Å². The summed E-state index contributed by atoms with van der Waals surface area (Å²) in [5.41, 5.74) is 11.4. The van der Waals surface area contributed by atoms with Crippen LogP contribution in [0.1, 0.15) is 18.1 Å². The van der Waals surface area contributed by atoms with Crippen molar-refractivity contribution in [3.8, 4) is 0 Å². The molecule has 7 heteroatoms. The summed E-state index contributed by atoms with van der Waals surface area (Å²) < 4.78 is 14.2. The van der Waals surface area contributed by atoms with E-state index >= 15 is 0 Å². The van der Waals surface area contributed by atoms with E-state index < -0.39 is 0 Å². The molecule has 1 aromatic heterocycles. The number of hydrogen-bond donors (Lipinski definition) is 2. The van der Waals surface area contributed by atoms with E-state index in [0.717, 1.165) is 34.0 Å². The normalized spacial score (nSPS) is 15.9.